The van der Waals surface area contributed by atoms with Gasteiger partial charge in [0.15, 0.2) is 0 Å². The number of carbonyl (C=O) groups is 1. The molecule has 7 heteroatoms. The van der Waals surface area contributed by atoms with Crippen molar-refractivity contribution in [3.05, 3.63) is 35.9 Å². The molecular formula is C17H23F3N2O2. The lowest BCUT2D eigenvalue weighted by Crippen LogP contribution is -2.42. The molecule has 0 heterocycles. The number of hydrogen-bond donors (Lipinski definition) is 3. The zero-order chi connectivity index (χ0) is 17.6. The van der Waals surface area contributed by atoms with E-state index in [0.717, 1.165) is 19.3 Å². The Morgan fingerprint density at radius 2 is 1.96 bits per heavy atom. The molecule has 4 nitrogen and oxygen atoms in total. The summed E-state index contributed by atoms with van der Waals surface area (Å²) in [4.78, 5) is 11.8. The molecule has 3 unspecified atom stereocenters. The lowest BCUT2D eigenvalue weighted by atomic mass is 9.87. The van der Waals surface area contributed by atoms with Gasteiger partial charge in [-0.2, -0.15) is 13.2 Å². The van der Waals surface area contributed by atoms with Gasteiger partial charge in [0.25, 0.3) is 0 Å². The number of carbonyl (C=O) groups excluding carboxylic acids is 1. The molecule has 0 bridgehead atoms. The van der Waals surface area contributed by atoms with Crippen LogP contribution in [0.1, 0.15) is 37.3 Å². The van der Waals surface area contributed by atoms with Crippen molar-refractivity contribution >= 4 is 5.91 Å². The molecule has 3 atom stereocenters. The standard InChI is InChI=1S/C17H23F3N2O2/c18-17(19,20)16(13-6-2-1-3-7-13)22-11-15(24)21-10-12-5-4-8-14(23)9-12/h1-3,6-7,12,14,16,22-23H,4-5,8-11H2,(H,21,24). The van der Waals surface area contributed by atoms with Gasteiger partial charge in [0.2, 0.25) is 5.91 Å². The van der Waals surface area contributed by atoms with Crippen LogP contribution in [0, 0.1) is 5.92 Å². The quantitative estimate of drug-likeness (QED) is 0.743. The number of amides is 1. The van der Waals surface area contributed by atoms with Crippen LogP contribution >= 0.6 is 0 Å². The molecule has 1 aromatic carbocycles. The third-order valence-electron chi connectivity index (χ3n) is 4.27. The summed E-state index contributed by atoms with van der Waals surface area (Å²) in [6, 6.07) is 5.59. The monoisotopic (exact) mass is 344 g/mol. The summed E-state index contributed by atoms with van der Waals surface area (Å²) < 4.78 is 39.5. The molecule has 24 heavy (non-hydrogen) atoms. The fourth-order valence-electron chi connectivity index (χ4n) is 3.03. The van der Waals surface area contributed by atoms with E-state index >= 15 is 0 Å². The molecule has 3 N–H and O–H groups in total. The van der Waals surface area contributed by atoms with Gasteiger partial charge in [-0.3, -0.25) is 10.1 Å². The summed E-state index contributed by atoms with van der Waals surface area (Å²) in [6.07, 6.45) is -1.59. The Labute approximate surface area is 139 Å². The SMILES string of the molecule is O=C(CNC(c1ccccc1)C(F)(F)F)NCC1CCCC(O)C1. The van der Waals surface area contributed by atoms with Crippen LogP contribution in [-0.2, 0) is 4.79 Å². The van der Waals surface area contributed by atoms with Crippen molar-refractivity contribution in [1.29, 1.82) is 0 Å². The highest BCUT2D eigenvalue weighted by molar-refractivity contribution is 5.78. The third-order valence-corrected chi connectivity index (χ3v) is 4.27. The van der Waals surface area contributed by atoms with Gasteiger partial charge in [-0.1, -0.05) is 36.8 Å². The molecule has 0 spiro atoms. The van der Waals surface area contributed by atoms with Crippen molar-refractivity contribution in [2.24, 2.45) is 5.92 Å². The van der Waals surface area contributed by atoms with Crippen LogP contribution < -0.4 is 10.6 Å². The minimum atomic E-state index is -4.48. The van der Waals surface area contributed by atoms with E-state index in [0.29, 0.717) is 13.0 Å². The van der Waals surface area contributed by atoms with Crippen LogP contribution in [0.5, 0.6) is 0 Å². The van der Waals surface area contributed by atoms with E-state index in [9.17, 15) is 23.1 Å². The molecular weight excluding hydrogens is 321 g/mol. The van der Waals surface area contributed by atoms with Crippen molar-refractivity contribution in [3.63, 3.8) is 0 Å². The number of hydrogen-bond acceptors (Lipinski definition) is 3. The van der Waals surface area contributed by atoms with Crippen molar-refractivity contribution in [2.75, 3.05) is 13.1 Å². The summed E-state index contributed by atoms with van der Waals surface area (Å²) in [5.74, 6) is -0.287. The number of aliphatic hydroxyl groups is 1. The Balaban J connectivity index is 1.82. The highest BCUT2D eigenvalue weighted by Crippen LogP contribution is 2.32. The summed E-state index contributed by atoms with van der Waals surface area (Å²) in [5, 5.41) is 14.5. The Morgan fingerprint density at radius 3 is 2.58 bits per heavy atom. The van der Waals surface area contributed by atoms with Crippen molar-refractivity contribution in [3.8, 4) is 0 Å². The van der Waals surface area contributed by atoms with Gasteiger partial charge in [-0.15, -0.1) is 0 Å². The summed E-state index contributed by atoms with van der Waals surface area (Å²) in [6.45, 7) is -0.0199. The second-order valence-corrected chi connectivity index (χ2v) is 6.26. The molecule has 1 aliphatic rings. The van der Waals surface area contributed by atoms with E-state index in [-0.39, 0.29) is 17.6 Å². The van der Waals surface area contributed by atoms with Crippen LogP contribution in [0.25, 0.3) is 0 Å². The second kappa shape index (κ2) is 8.48. The lowest BCUT2D eigenvalue weighted by Gasteiger charge is -2.26. The van der Waals surface area contributed by atoms with Gasteiger partial charge in [-0.25, -0.2) is 0 Å². The fourth-order valence-corrected chi connectivity index (χ4v) is 3.03. The smallest absolute Gasteiger partial charge is 0.393 e. The summed E-state index contributed by atoms with van der Waals surface area (Å²) >= 11 is 0. The molecule has 0 aromatic heterocycles. The van der Waals surface area contributed by atoms with Crippen molar-refractivity contribution in [1.82, 2.24) is 10.6 Å². The number of alkyl halides is 3. The predicted octanol–water partition coefficient (Wildman–Crippen LogP) is 2.55. The van der Waals surface area contributed by atoms with Gasteiger partial charge < -0.3 is 10.4 Å². The Kier molecular flexibility index (Phi) is 6.62. The summed E-state index contributed by atoms with van der Waals surface area (Å²) in [5.41, 5.74) is 0.0770. The number of aliphatic hydroxyl groups excluding tert-OH is 1. The second-order valence-electron chi connectivity index (χ2n) is 6.26. The topological polar surface area (TPSA) is 61.4 Å². The molecule has 2 rings (SSSR count). The van der Waals surface area contributed by atoms with Gasteiger partial charge in [0.1, 0.15) is 6.04 Å². The number of halogens is 3. The van der Waals surface area contributed by atoms with Gasteiger partial charge >= 0.3 is 6.18 Å². The molecule has 1 aromatic rings. The number of rotatable bonds is 6. The minimum absolute atomic E-state index is 0.0770. The van der Waals surface area contributed by atoms with Crippen LogP contribution in [0.2, 0.25) is 0 Å². The molecule has 1 amide bonds. The Morgan fingerprint density at radius 1 is 1.25 bits per heavy atom. The lowest BCUT2D eigenvalue weighted by molar-refractivity contribution is -0.158. The first kappa shape index (κ1) is 18.7. The van der Waals surface area contributed by atoms with Gasteiger partial charge in [0, 0.05) is 6.54 Å². The fraction of sp³-hybridized carbons (Fsp3) is 0.588. The zero-order valence-electron chi connectivity index (χ0n) is 13.4. The minimum Gasteiger partial charge on any atom is -0.393 e. The first-order valence-corrected chi connectivity index (χ1v) is 8.16. The number of benzene rings is 1. The van der Waals surface area contributed by atoms with Crippen LogP contribution in [0.15, 0.2) is 30.3 Å². The molecule has 1 fully saturated rings. The van der Waals surface area contributed by atoms with Crippen LogP contribution in [0.4, 0.5) is 13.2 Å². The molecule has 0 radical (unpaired) electrons. The van der Waals surface area contributed by atoms with E-state index < -0.39 is 24.7 Å². The normalized spacial score (nSPS) is 22.8. The van der Waals surface area contributed by atoms with E-state index in [2.05, 4.69) is 10.6 Å². The van der Waals surface area contributed by atoms with Crippen molar-refractivity contribution < 1.29 is 23.1 Å². The maximum atomic E-state index is 13.2. The predicted molar refractivity (Wildman–Crippen MR) is 84.2 cm³/mol. The average molecular weight is 344 g/mol. The Bertz CT molecular complexity index is 522. The molecule has 0 aliphatic heterocycles. The highest BCUT2D eigenvalue weighted by atomic mass is 19.4. The van der Waals surface area contributed by atoms with Gasteiger partial charge in [-0.05, 0) is 30.7 Å². The highest BCUT2D eigenvalue weighted by Gasteiger charge is 2.40. The molecule has 1 saturated carbocycles. The first-order chi connectivity index (χ1) is 11.4. The maximum absolute atomic E-state index is 13.2. The zero-order valence-corrected chi connectivity index (χ0v) is 13.4. The average Bonchev–Trinajstić information content (AvgIpc) is 2.53. The van der Waals surface area contributed by atoms with Gasteiger partial charge in [0.05, 0.1) is 12.6 Å². The maximum Gasteiger partial charge on any atom is 0.407 e. The molecule has 0 saturated heterocycles. The first-order valence-electron chi connectivity index (χ1n) is 8.16. The van der Waals surface area contributed by atoms with E-state index in [1.165, 1.54) is 24.3 Å². The van der Waals surface area contributed by atoms with E-state index in [1.807, 2.05) is 0 Å². The van der Waals surface area contributed by atoms with E-state index in [4.69, 9.17) is 0 Å². The van der Waals surface area contributed by atoms with Crippen LogP contribution in [-0.4, -0.2) is 36.4 Å². The van der Waals surface area contributed by atoms with Crippen molar-refractivity contribution in [2.45, 2.75) is 44.0 Å². The number of nitrogens with one attached hydrogen (secondary N) is 2. The Hall–Kier alpha value is -1.60. The summed E-state index contributed by atoms with van der Waals surface area (Å²) in [7, 11) is 0. The third kappa shape index (κ3) is 5.79. The van der Waals surface area contributed by atoms with E-state index in [1.54, 1.807) is 6.07 Å². The largest absolute Gasteiger partial charge is 0.407 e. The molecule has 1 aliphatic carbocycles. The van der Waals surface area contributed by atoms with Crippen LogP contribution in [0.3, 0.4) is 0 Å². The molecule has 134 valence electrons.